The maximum Gasteiger partial charge on any atom is 0.145 e. The van der Waals surface area contributed by atoms with Gasteiger partial charge in [0, 0.05) is 11.8 Å². The van der Waals surface area contributed by atoms with E-state index in [9.17, 15) is 0 Å². The van der Waals surface area contributed by atoms with Crippen LogP contribution in [0, 0.1) is 0 Å². The summed E-state index contributed by atoms with van der Waals surface area (Å²) in [6.45, 7) is 0. The Kier molecular flexibility index (Phi) is 1.36. The highest BCUT2D eigenvalue weighted by atomic mass is 16.3. The van der Waals surface area contributed by atoms with Gasteiger partial charge in [0.1, 0.15) is 12.0 Å². The molecule has 1 atom stereocenters. The molecule has 2 N–H and O–H groups in total. The topological polar surface area (TPSA) is 45.2 Å². The third-order valence-corrected chi connectivity index (χ3v) is 1.58. The predicted octanol–water partition coefficient (Wildman–Crippen LogP) is 0.839. The lowest BCUT2D eigenvalue weighted by atomic mass is 10.2. The van der Waals surface area contributed by atoms with Crippen LogP contribution in [0.15, 0.2) is 24.4 Å². The van der Waals surface area contributed by atoms with Crippen LogP contribution in [0.3, 0.4) is 0 Å². The molecule has 11 heavy (non-hydrogen) atoms. The van der Waals surface area contributed by atoms with E-state index in [-0.39, 0.29) is 0 Å². The Morgan fingerprint density at radius 1 is 1.55 bits per heavy atom. The standard InChI is InChI=1S/C8H8N2O/c11-7-4-3-6-2-1-5-9-8(6)10-7/h1-5,7,11H,(H,9,10). The van der Waals surface area contributed by atoms with E-state index in [1.54, 1.807) is 12.3 Å². The number of fused-ring (bicyclic) bond motifs is 1. The zero-order chi connectivity index (χ0) is 7.68. The first kappa shape index (κ1) is 6.37. The summed E-state index contributed by atoms with van der Waals surface area (Å²) in [6.07, 6.45) is 4.63. The molecule has 0 radical (unpaired) electrons. The summed E-state index contributed by atoms with van der Waals surface area (Å²) in [5.41, 5.74) is 1.01. The number of aliphatic hydroxyl groups excluding tert-OH is 1. The average Bonchev–Trinajstić information content (AvgIpc) is 2.04. The normalized spacial score (nSPS) is 20.6. The van der Waals surface area contributed by atoms with Gasteiger partial charge in [-0.1, -0.05) is 6.08 Å². The molecule has 0 fully saturated rings. The number of hydrogen-bond acceptors (Lipinski definition) is 3. The van der Waals surface area contributed by atoms with E-state index in [4.69, 9.17) is 5.11 Å². The fourth-order valence-electron chi connectivity index (χ4n) is 1.06. The number of anilines is 1. The van der Waals surface area contributed by atoms with Gasteiger partial charge in [0.2, 0.25) is 0 Å². The lowest BCUT2D eigenvalue weighted by Gasteiger charge is -2.15. The van der Waals surface area contributed by atoms with E-state index in [1.807, 2.05) is 18.2 Å². The smallest absolute Gasteiger partial charge is 0.145 e. The summed E-state index contributed by atoms with van der Waals surface area (Å²) >= 11 is 0. The van der Waals surface area contributed by atoms with E-state index in [0.29, 0.717) is 0 Å². The highest BCUT2D eigenvalue weighted by Crippen LogP contribution is 2.18. The molecule has 0 spiro atoms. The molecule has 2 rings (SSSR count). The summed E-state index contributed by atoms with van der Waals surface area (Å²) < 4.78 is 0. The van der Waals surface area contributed by atoms with Crippen molar-refractivity contribution in [2.75, 3.05) is 5.32 Å². The Morgan fingerprint density at radius 3 is 3.36 bits per heavy atom. The van der Waals surface area contributed by atoms with Crippen LogP contribution in [0.5, 0.6) is 0 Å². The van der Waals surface area contributed by atoms with Crippen LogP contribution in [-0.2, 0) is 0 Å². The molecule has 1 unspecified atom stereocenters. The maximum absolute atomic E-state index is 9.12. The van der Waals surface area contributed by atoms with Gasteiger partial charge in [0.05, 0.1) is 0 Å². The predicted molar refractivity (Wildman–Crippen MR) is 42.9 cm³/mol. The minimum atomic E-state index is -0.600. The van der Waals surface area contributed by atoms with Gasteiger partial charge >= 0.3 is 0 Å². The van der Waals surface area contributed by atoms with Crippen molar-refractivity contribution in [2.45, 2.75) is 6.23 Å². The van der Waals surface area contributed by atoms with Crippen molar-refractivity contribution in [1.29, 1.82) is 0 Å². The number of pyridine rings is 1. The molecule has 0 bridgehead atoms. The molecule has 1 aliphatic rings. The van der Waals surface area contributed by atoms with Crippen molar-refractivity contribution < 1.29 is 5.11 Å². The van der Waals surface area contributed by atoms with Crippen molar-refractivity contribution in [3.8, 4) is 0 Å². The Balaban J connectivity index is 2.46. The minimum absolute atomic E-state index is 0.600. The molecule has 1 aromatic heterocycles. The first-order chi connectivity index (χ1) is 5.36. The summed E-state index contributed by atoms with van der Waals surface area (Å²) in [4.78, 5) is 4.05. The molecule has 2 heterocycles. The largest absolute Gasteiger partial charge is 0.370 e. The van der Waals surface area contributed by atoms with Gasteiger partial charge in [-0.3, -0.25) is 0 Å². The van der Waals surface area contributed by atoms with E-state index in [1.165, 1.54) is 0 Å². The fraction of sp³-hybridized carbons (Fsp3) is 0.125. The van der Waals surface area contributed by atoms with E-state index in [2.05, 4.69) is 10.3 Å². The SMILES string of the molecule is OC1C=Cc2cccnc2N1. The van der Waals surface area contributed by atoms with Crippen LogP contribution in [0.1, 0.15) is 5.56 Å². The van der Waals surface area contributed by atoms with E-state index in [0.717, 1.165) is 11.4 Å². The second-order valence-electron chi connectivity index (χ2n) is 2.39. The maximum atomic E-state index is 9.12. The summed E-state index contributed by atoms with van der Waals surface area (Å²) in [5.74, 6) is 0.738. The van der Waals surface area contributed by atoms with Gasteiger partial charge in [-0.2, -0.15) is 0 Å². The van der Waals surface area contributed by atoms with Gasteiger partial charge in [-0.15, -0.1) is 0 Å². The number of aliphatic hydroxyl groups is 1. The number of aromatic nitrogens is 1. The zero-order valence-electron chi connectivity index (χ0n) is 5.86. The van der Waals surface area contributed by atoms with Crippen LogP contribution >= 0.6 is 0 Å². The first-order valence-electron chi connectivity index (χ1n) is 3.44. The van der Waals surface area contributed by atoms with Crippen LogP contribution in [0.2, 0.25) is 0 Å². The van der Waals surface area contributed by atoms with E-state index >= 15 is 0 Å². The summed E-state index contributed by atoms with van der Waals surface area (Å²) in [5, 5.41) is 11.9. The van der Waals surface area contributed by atoms with Crippen LogP contribution < -0.4 is 5.32 Å². The molecule has 3 nitrogen and oxygen atoms in total. The Hall–Kier alpha value is -1.35. The molecule has 0 aliphatic carbocycles. The second-order valence-corrected chi connectivity index (χ2v) is 2.39. The molecule has 0 aromatic carbocycles. The Labute approximate surface area is 64.4 Å². The van der Waals surface area contributed by atoms with Gasteiger partial charge in [0.25, 0.3) is 0 Å². The number of nitrogens with one attached hydrogen (secondary N) is 1. The quantitative estimate of drug-likeness (QED) is 0.573. The molecule has 56 valence electrons. The molecular weight excluding hydrogens is 140 g/mol. The lowest BCUT2D eigenvalue weighted by Crippen LogP contribution is -2.19. The van der Waals surface area contributed by atoms with Crippen molar-refractivity contribution in [3.63, 3.8) is 0 Å². The molecule has 0 saturated heterocycles. The zero-order valence-corrected chi connectivity index (χ0v) is 5.86. The van der Waals surface area contributed by atoms with E-state index < -0.39 is 6.23 Å². The van der Waals surface area contributed by atoms with Crippen molar-refractivity contribution in [3.05, 3.63) is 30.0 Å². The average molecular weight is 148 g/mol. The van der Waals surface area contributed by atoms with Crippen LogP contribution in [0.25, 0.3) is 6.08 Å². The third kappa shape index (κ3) is 1.10. The van der Waals surface area contributed by atoms with Gasteiger partial charge in [-0.25, -0.2) is 4.98 Å². The van der Waals surface area contributed by atoms with Gasteiger partial charge in [-0.05, 0) is 18.2 Å². The number of nitrogens with zero attached hydrogens (tertiary/aromatic N) is 1. The lowest BCUT2D eigenvalue weighted by molar-refractivity contribution is 0.251. The minimum Gasteiger partial charge on any atom is -0.370 e. The molecule has 1 aromatic rings. The number of rotatable bonds is 0. The van der Waals surface area contributed by atoms with Crippen molar-refractivity contribution >= 4 is 11.9 Å². The molecular formula is C8H8N2O. The summed E-state index contributed by atoms with van der Waals surface area (Å²) in [7, 11) is 0. The Morgan fingerprint density at radius 2 is 2.45 bits per heavy atom. The molecule has 0 saturated carbocycles. The monoisotopic (exact) mass is 148 g/mol. The summed E-state index contributed by atoms with van der Waals surface area (Å²) in [6, 6.07) is 3.81. The Bertz CT molecular complexity index is 296. The fourth-order valence-corrected chi connectivity index (χ4v) is 1.06. The molecule has 0 amide bonds. The van der Waals surface area contributed by atoms with Crippen molar-refractivity contribution in [2.24, 2.45) is 0 Å². The van der Waals surface area contributed by atoms with Crippen LogP contribution in [-0.4, -0.2) is 16.3 Å². The second kappa shape index (κ2) is 2.36. The first-order valence-corrected chi connectivity index (χ1v) is 3.44. The van der Waals surface area contributed by atoms with Gasteiger partial charge < -0.3 is 10.4 Å². The highest BCUT2D eigenvalue weighted by Gasteiger charge is 2.08. The highest BCUT2D eigenvalue weighted by molar-refractivity contribution is 5.66. The number of hydrogen-bond donors (Lipinski definition) is 2. The van der Waals surface area contributed by atoms with Gasteiger partial charge in [0.15, 0.2) is 0 Å². The third-order valence-electron chi connectivity index (χ3n) is 1.58. The van der Waals surface area contributed by atoms with Crippen LogP contribution in [0.4, 0.5) is 5.82 Å². The molecule has 1 aliphatic heterocycles. The molecule has 3 heteroatoms. The van der Waals surface area contributed by atoms with Crippen molar-refractivity contribution in [1.82, 2.24) is 4.98 Å².